The monoisotopic (exact) mass is 241 g/mol. The van der Waals surface area contributed by atoms with Crippen molar-refractivity contribution in [2.75, 3.05) is 0 Å². The third kappa shape index (κ3) is 2.94. The summed E-state index contributed by atoms with van der Waals surface area (Å²) in [6, 6.07) is 14.5. The minimum absolute atomic E-state index is 0.107. The van der Waals surface area contributed by atoms with Gasteiger partial charge in [-0.15, -0.1) is 0 Å². The highest BCUT2D eigenvalue weighted by Crippen LogP contribution is 2.21. The molecule has 0 saturated carbocycles. The van der Waals surface area contributed by atoms with Crippen LogP contribution in [-0.4, -0.2) is 4.98 Å². The first kappa shape index (κ1) is 12.7. The summed E-state index contributed by atoms with van der Waals surface area (Å²) in [5.74, 6) is 5.70. The van der Waals surface area contributed by atoms with Crippen molar-refractivity contribution in [2.24, 2.45) is 5.84 Å². The first-order valence-electron chi connectivity index (χ1n) is 6.29. The lowest BCUT2D eigenvalue weighted by molar-refractivity contribution is 0.542. The molecule has 0 amide bonds. The van der Waals surface area contributed by atoms with Crippen molar-refractivity contribution in [3.63, 3.8) is 0 Å². The van der Waals surface area contributed by atoms with E-state index in [0.717, 1.165) is 18.5 Å². The lowest BCUT2D eigenvalue weighted by Gasteiger charge is -2.19. The molecule has 0 radical (unpaired) electrons. The molecule has 2 aromatic rings. The fraction of sp³-hybridized carbons (Fsp3) is 0.267. The van der Waals surface area contributed by atoms with E-state index in [2.05, 4.69) is 41.6 Å². The average molecular weight is 241 g/mol. The minimum atomic E-state index is 0.107. The van der Waals surface area contributed by atoms with Crippen molar-refractivity contribution in [2.45, 2.75) is 25.8 Å². The Hall–Kier alpha value is -1.71. The fourth-order valence-corrected chi connectivity index (χ4v) is 2.18. The molecule has 18 heavy (non-hydrogen) atoms. The summed E-state index contributed by atoms with van der Waals surface area (Å²) in [6.45, 7) is 2.16. The molecule has 0 aliphatic heterocycles. The Bertz CT molecular complexity index is 482. The molecule has 1 aromatic heterocycles. The molecule has 0 aliphatic carbocycles. The molecule has 1 atom stereocenters. The molecule has 2 rings (SSSR count). The number of benzene rings is 1. The van der Waals surface area contributed by atoms with E-state index in [1.54, 1.807) is 0 Å². The van der Waals surface area contributed by atoms with Crippen LogP contribution in [0.25, 0.3) is 0 Å². The van der Waals surface area contributed by atoms with E-state index in [1.165, 1.54) is 11.1 Å². The van der Waals surface area contributed by atoms with Crippen LogP contribution in [0.4, 0.5) is 0 Å². The summed E-state index contributed by atoms with van der Waals surface area (Å²) in [5.41, 5.74) is 6.54. The van der Waals surface area contributed by atoms with E-state index >= 15 is 0 Å². The van der Waals surface area contributed by atoms with Crippen molar-refractivity contribution in [1.29, 1.82) is 0 Å². The number of nitrogens with one attached hydrogen (secondary N) is 1. The number of aromatic nitrogens is 1. The topological polar surface area (TPSA) is 50.9 Å². The number of hydrogen-bond donors (Lipinski definition) is 2. The highest BCUT2D eigenvalue weighted by atomic mass is 15.2. The summed E-state index contributed by atoms with van der Waals surface area (Å²) in [4.78, 5) is 4.35. The molecular formula is C15H19N3. The summed E-state index contributed by atoms with van der Waals surface area (Å²) >= 11 is 0. The standard InChI is InChI=1S/C15H19N3/c1-2-12-7-3-4-9-14(12)15(18-16)11-13-8-5-6-10-17-13/h3-10,15,18H,2,11,16H2,1H3. The second kappa shape index (κ2) is 6.28. The van der Waals surface area contributed by atoms with Gasteiger partial charge < -0.3 is 0 Å². The number of nitrogens with zero attached hydrogens (tertiary/aromatic N) is 1. The molecule has 0 aliphatic rings. The molecule has 94 valence electrons. The van der Waals surface area contributed by atoms with Crippen LogP contribution < -0.4 is 11.3 Å². The molecule has 0 spiro atoms. The smallest absolute Gasteiger partial charge is 0.0518 e. The lowest BCUT2D eigenvalue weighted by Crippen LogP contribution is -2.30. The number of nitrogens with two attached hydrogens (primary N) is 1. The molecule has 3 heteroatoms. The molecule has 3 nitrogen and oxygen atoms in total. The molecule has 0 fully saturated rings. The van der Waals surface area contributed by atoms with Gasteiger partial charge in [0.25, 0.3) is 0 Å². The number of hydrazine groups is 1. The minimum Gasteiger partial charge on any atom is -0.271 e. The predicted octanol–water partition coefficient (Wildman–Crippen LogP) is 2.39. The van der Waals surface area contributed by atoms with Crippen LogP contribution >= 0.6 is 0 Å². The summed E-state index contributed by atoms with van der Waals surface area (Å²) in [5, 5.41) is 0. The van der Waals surface area contributed by atoms with E-state index in [-0.39, 0.29) is 6.04 Å². The van der Waals surface area contributed by atoms with E-state index in [0.29, 0.717) is 0 Å². The third-order valence-corrected chi connectivity index (χ3v) is 3.15. The first-order chi connectivity index (χ1) is 8.85. The van der Waals surface area contributed by atoms with Crippen LogP contribution in [0.15, 0.2) is 48.7 Å². The van der Waals surface area contributed by atoms with E-state index in [1.807, 2.05) is 24.4 Å². The Morgan fingerprint density at radius 3 is 2.61 bits per heavy atom. The Balaban J connectivity index is 2.23. The summed E-state index contributed by atoms with van der Waals surface area (Å²) in [7, 11) is 0. The second-order valence-corrected chi connectivity index (χ2v) is 4.30. The normalized spacial score (nSPS) is 12.3. The fourth-order valence-electron chi connectivity index (χ4n) is 2.18. The van der Waals surface area contributed by atoms with Gasteiger partial charge in [-0.2, -0.15) is 0 Å². The Morgan fingerprint density at radius 1 is 1.17 bits per heavy atom. The van der Waals surface area contributed by atoms with Gasteiger partial charge in [-0.3, -0.25) is 16.3 Å². The van der Waals surface area contributed by atoms with Crippen LogP contribution in [0, 0.1) is 0 Å². The Morgan fingerprint density at radius 2 is 1.94 bits per heavy atom. The Kier molecular flexibility index (Phi) is 4.45. The van der Waals surface area contributed by atoms with Crippen LogP contribution in [0.3, 0.4) is 0 Å². The highest BCUT2D eigenvalue weighted by Gasteiger charge is 2.13. The van der Waals surface area contributed by atoms with Gasteiger partial charge in [0.05, 0.1) is 6.04 Å². The summed E-state index contributed by atoms with van der Waals surface area (Å²) < 4.78 is 0. The lowest BCUT2D eigenvalue weighted by atomic mass is 9.96. The largest absolute Gasteiger partial charge is 0.271 e. The van der Waals surface area contributed by atoms with Crippen LogP contribution in [0.5, 0.6) is 0 Å². The number of pyridine rings is 1. The summed E-state index contributed by atoms with van der Waals surface area (Å²) in [6.07, 6.45) is 3.62. The van der Waals surface area contributed by atoms with Crippen LogP contribution in [-0.2, 0) is 12.8 Å². The molecular weight excluding hydrogens is 222 g/mol. The zero-order chi connectivity index (χ0) is 12.8. The highest BCUT2D eigenvalue weighted by molar-refractivity contribution is 5.31. The van der Waals surface area contributed by atoms with E-state index < -0.39 is 0 Å². The van der Waals surface area contributed by atoms with E-state index in [9.17, 15) is 0 Å². The molecule has 1 unspecified atom stereocenters. The average Bonchev–Trinajstić information content (AvgIpc) is 2.46. The number of aryl methyl sites for hydroxylation is 1. The van der Waals surface area contributed by atoms with Gasteiger partial charge in [0.2, 0.25) is 0 Å². The van der Waals surface area contributed by atoms with Crippen molar-refractivity contribution in [3.05, 3.63) is 65.5 Å². The molecule has 3 N–H and O–H groups in total. The predicted molar refractivity (Wildman–Crippen MR) is 73.8 cm³/mol. The van der Waals surface area contributed by atoms with Gasteiger partial charge in [0.15, 0.2) is 0 Å². The van der Waals surface area contributed by atoms with E-state index in [4.69, 9.17) is 5.84 Å². The van der Waals surface area contributed by atoms with Crippen molar-refractivity contribution < 1.29 is 0 Å². The maximum Gasteiger partial charge on any atom is 0.0518 e. The Labute approximate surface area is 108 Å². The molecule has 0 bridgehead atoms. The second-order valence-electron chi connectivity index (χ2n) is 4.30. The quantitative estimate of drug-likeness (QED) is 0.624. The van der Waals surface area contributed by atoms with Gasteiger partial charge in [0.1, 0.15) is 0 Å². The van der Waals surface area contributed by atoms with Crippen LogP contribution in [0.2, 0.25) is 0 Å². The van der Waals surface area contributed by atoms with Crippen molar-refractivity contribution in [3.8, 4) is 0 Å². The number of hydrogen-bond acceptors (Lipinski definition) is 3. The third-order valence-electron chi connectivity index (χ3n) is 3.15. The van der Waals surface area contributed by atoms with Crippen LogP contribution in [0.1, 0.15) is 29.8 Å². The zero-order valence-electron chi connectivity index (χ0n) is 10.6. The zero-order valence-corrected chi connectivity index (χ0v) is 10.6. The van der Waals surface area contributed by atoms with Gasteiger partial charge in [0, 0.05) is 18.3 Å². The SMILES string of the molecule is CCc1ccccc1C(Cc1ccccn1)NN. The molecule has 0 saturated heterocycles. The van der Waals surface area contributed by atoms with Crippen molar-refractivity contribution in [1.82, 2.24) is 10.4 Å². The molecule has 1 heterocycles. The maximum absolute atomic E-state index is 5.70. The first-order valence-corrected chi connectivity index (χ1v) is 6.29. The number of rotatable bonds is 5. The van der Waals surface area contributed by atoms with Gasteiger partial charge in [-0.05, 0) is 29.7 Å². The van der Waals surface area contributed by atoms with Gasteiger partial charge in [-0.1, -0.05) is 37.3 Å². The van der Waals surface area contributed by atoms with Gasteiger partial charge >= 0.3 is 0 Å². The van der Waals surface area contributed by atoms with Gasteiger partial charge in [-0.25, -0.2) is 0 Å². The van der Waals surface area contributed by atoms with Crippen molar-refractivity contribution >= 4 is 0 Å². The molecule has 1 aromatic carbocycles. The maximum atomic E-state index is 5.70.